The number of ether oxygens (including phenoxy) is 3. The molecule has 0 unspecified atom stereocenters. The summed E-state index contributed by atoms with van der Waals surface area (Å²) in [5.41, 5.74) is 0. The molecule has 0 aromatic carbocycles. The quantitative estimate of drug-likeness (QED) is 0.356. The molecule has 0 rings (SSSR count). The van der Waals surface area contributed by atoms with E-state index in [0.717, 1.165) is 6.42 Å². The Labute approximate surface area is 107 Å². The molecular formula is C13H20O5. The minimum absolute atomic E-state index is 0.279. The molecule has 0 spiro atoms. The third-order valence-corrected chi connectivity index (χ3v) is 1.74. The van der Waals surface area contributed by atoms with Crippen molar-refractivity contribution in [2.45, 2.75) is 20.3 Å². The molecular weight excluding hydrogens is 236 g/mol. The lowest BCUT2D eigenvalue weighted by Crippen LogP contribution is -1.99. The second kappa shape index (κ2) is 11.9. The van der Waals surface area contributed by atoms with Gasteiger partial charge in [0.1, 0.15) is 13.2 Å². The summed E-state index contributed by atoms with van der Waals surface area (Å²) in [6, 6.07) is 0. The molecule has 102 valence electrons. The van der Waals surface area contributed by atoms with E-state index in [0.29, 0.717) is 19.8 Å². The lowest BCUT2D eigenvalue weighted by Gasteiger charge is -1.98. The number of esters is 2. The van der Waals surface area contributed by atoms with Gasteiger partial charge < -0.3 is 14.2 Å². The number of hydrogen-bond donors (Lipinski definition) is 0. The van der Waals surface area contributed by atoms with Crippen molar-refractivity contribution in [2.75, 3.05) is 26.4 Å². The average molecular weight is 256 g/mol. The van der Waals surface area contributed by atoms with Gasteiger partial charge in [0.05, 0.1) is 13.2 Å². The first kappa shape index (κ1) is 16.4. The van der Waals surface area contributed by atoms with Crippen molar-refractivity contribution in [3.05, 3.63) is 24.3 Å². The first-order chi connectivity index (χ1) is 8.63. The highest BCUT2D eigenvalue weighted by atomic mass is 16.5. The van der Waals surface area contributed by atoms with Crippen LogP contribution in [-0.4, -0.2) is 38.4 Å². The van der Waals surface area contributed by atoms with Gasteiger partial charge in [-0.15, -0.1) is 0 Å². The summed E-state index contributed by atoms with van der Waals surface area (Å²) in [5, 5.41) is 0. The maximum atomic E-state index is 10.4. The smallest absolute Gasteiger partial charge is 0.302 e. The third-order valence-electron chi connectivity index (χ3n) is 1.74. The maximum absolute atomic E-state index is 10.4. The number of carbonyl (C=O) groups is 2. The molecule has 0 atom stereocenters. The summed E-state index contributed by atoms with van der Waals surface area (Å²) in [5.74, 6) is -0.577. The van der Waals surface area contributed by atoms with Crippen LogP contribution < -0.4 is 0 Å². The fourth-order valence-corrected chi connectivity index (χ4v) is 0.956. The van der Waals surface area contributed by atoms with Crippen LogP contribution in [0.1, 0.15) is 20.3 Å². The summed E-state index contributed by atoms with van der Waals surface area (Å²) >= 11 is 0. The molecule has 0 bridgehead atoms. The Morgan fingerprint density at radius 3 is 1.89 bits per heavy atom. The van der Waals surface area contributed by atoms with Crippen LogP contribution in [0.2, 0.25) is 0 Å². The van der Waals surface area contributed by atoms with E-state index in [1.807, 2.05) is 6.08 Å². The van der Waals surface area contributed by atoms with Gasteiger partial charge >= 0.3 is 11.9 Å². The van der Waals surface area contributed by atoms with E-state index >= 15 is 0 Å². The van der Waals surface area contributed by atoms with E-state index in [1.165, 1.54) is 13.8 Å². The molecule has 0 fully saturated rings. The van der Waals surface area contributed by atoms with Crippen LogP contribution in [0.5, 0.6) is 0 Å². The average Bonchev–Trinajstić information content (AvgIpc) is 2.29. The van der Waals surface area contributed by atoms with Crippen molar-refractivity contribution in [3.63, 3.8) is 0 Å². The number of carbonyl (C=O) groups excluding carboxylic acids is 2. The van der Waals surface area contributed by atoms with Gasteiger partial charge in [0.25, 0.3) is 0 Å². The summed E-state index contributed by atoms with van der Waals surface area (Å²) in [4.78, 5) is 20.8. The molecule has 0 saturated heterocycles. The second-order valence-corrected chi connectivity index (χ2v) is 3.41. The summed E-state index contributed by atoms with van der Waals surface area (Å²) < 4.78 is 14.7. The predicted octanol–water partition coefficient (Wildman–Crippen LogP) is 1.63. The SMILES string of the molecule is CC(=O)OCC=CCCOCC=CCOC(C)=O. The standard InChI is InChI=1S/C13H20O5/c1-12(14)17-10-5-3-4-8-16-9-6-7-11-18-13(2)15/h3,5-7H,4,8-11H2,1-2H3. The molecule has 0 aromatic heterocycles. The molecule has 5 heteroatoms. The Bertz CT molecular complexity index is 264. The van der Waals surface area contributed by atoms with Crippen LogP contribution in [0.4, 0.5) is 0 Å². The minimum Gasteiger partial charge on any atom is -0.462 e. The van der Waals surface area contributed by atoms with Crippen LogP contribution in [0.3, 0.4) is 0 Å². The van der Waals surface area contributed by atoms with Gasteiger partial charge in [-0.3, -0.25) is 9.59 Å². The first-order valence-electron chi connectivity index (χ1n) is 5.77. The van der Waals surface area contributed by atoms with Gasteiger partial charge in [-0.1, -0.05) is 18.2 Å². The molecule has 0 aliphatic rings. The zero-order chi connectivity index (χ0) is 13.6. The Hall–Kier alpha value is -1.62. The lowest BCUT2D eigenvalue weighted by atomic mass is 10.4. The third kappa shape index (κ3) is 14.4. The highest BCUT2D eigenvalue weighted by molar-refractivity contribution is 5.66. The molecule has 5 nitrogen and oxygen atoms in total. The van der Waals surface area contributed by atoms with Gasteiger partial charge in [0, 0.05) is 13.8 Å². The van der Waals surface area contributed by atoms with Gasteiger partial charge in [0.2, 0.25) is 0 Å². The summed E-state index contributed by atoms with van der Waals surface area (Å²) in [7, 11) is 0. The predicted molar refractivity (Wildman–Crippen MR) is 67.0 cm³/mol. The van der Waals surface area contributed by atoms with E-state index in [2.05, 4.69) is 0 Å². The second-order valence-electron chi connectivity index (χ2n) is 3.41. The molecule has 0 amide bonds. The fraction of sp³-hybridized carbons (Fsp3) is 0.538. The number of hydrogen-bond acceptors (Lipinski definition) is 5. The van der Waals surface area contributed by atoms with E-state index in [1.54, 1.807) is 18.2 Å². The van der Waals surface area contributed by atoms with Crippen molar-refractivity contribution in [3.8, 4) is 0 Å². The van der Waals surface area contributed by atoms with Crippen LogP contribution in [-0.2, 0) is 23.8 Å². The van der Waals surface area contributed by atoms with Crippen molar-refractivity contribution in [1.29, 1.82) is 0 Å². The minimum atomic E-state index is -0.293. The molecule has 0 N–H and O–H groups in total. The molecule has 0 radical (unpaired) electrons. The van der Waals surface area contributed by atoms with Gasteiger partial charge in [0.15, 0.2) is 0 Å². The molecule has 0 aliphatic carbocycles. The zero-order valence-electron chi connectivity index (χ0n) is 10.9. The van der Waals surface area contributed by atoms with E-state index in [4.69, 9.17) is 14.2 Å². The van der Waals surface area contributed by atoms with Crippen LogP contribution in [0.15, 0.2) is 24.3 Å². The fourth-order valence-electron chi connectivity index (χ4n) is 0.956. The molecule has 0 aromatic rings. The normalized spacial score (nSPS) is 11.0. The Balaban J connectivity index is 3.25. The molecule has 0 heterocycles. The highest BCUT2D eigenvalue weighted by Gasteiger charge is 1.88. The Morgan fingerprint density at radius 1 is 0.833 bits per heavy atom. The van der Waals surface area contributed by atoms with Crippen molar-refractivity contribution >= 4 is 11.9 Å². The molecule has 18 heavy (non-hydrogen) atoms. The largest absolute Gasteiger partial charge is 0.462 e. The van der Waals surface area contributed by atoms with Crippen molar-refractivity contribution in [2.24, 2.45) is 0 Å². The van der Waals surface area contributed by atoms with Crippen LogP contribution >= 0.6 is 0 Å². The van der Waals surface area contributed by atoms with E-state index in [-0.39, 0.29) is 18.5 Å². The van der Waals surface area contributed by atoms with E-state index < -0.39 is 0 Å². The zero-order valence-corrected chi connectivity index (χ0v) is 10.9. The van der Waals surface area contributed by atoms with Crippen LogP contribution in [0.25, 0.3) is 0 Å². The Morgan fingerprint density at radius 2 is 1.33 bits per heavy atom. The maximum Gasteiger partial charge on any atom is 0.302 e. The van der Waals surface area contributed by atoms with Gasteiger partial charge in [-0.2, -0.15) is 0 Å². The van der Waals surface area contributed by atoms with Crippen molar-refractivity contribution in [1.82, 2.24) is 0 Å². The molecule has 0 saturated carbocycles. The Kier molecular flexibility index (Phi) is 10.8. The monoisotopic (exact) mass is 256 g/mol. The molecule has 0 aliphatic heterocycles. The summed E-state index contributed by atoms with van der Waals surface area (Å²) in [6.45, 7) is 4.40. The van der Waals surface area contributed by atoms with Crippen LogP contribution in [0, 0.1) is 0 Å². The lowest BCUT2D eigenvalue weighted by molar-refractivity contribution is -0.140. The summed E-state index contributed by atoms with van der Waals surface area (Å²) in [6.07, 6.45) is 7.97. The van der Waals surface area contributed by atoms with E-state index in [9.17, 15) is 9.59 Å². The number of rotatable bonds is 9. The highest BCUT2D eigenvalue weighted by Crippen LogP contribution is 1.88. The van der Waals surface area contributed by atoms with Gasteiger partial charge in [-0.25, -0.2) is 0 Å². The van der Waals surface area contributed by atoms with Gasteiger partial charge in [-0.05, 0) is 12.5 Å². The first-order valence-corrected chi connectivity index (χ1v) is 5.77. The van der Waals surface area contributed by atoms with Crippen molar-refractivity contribution < 1.29 is 23.8 Å². The topological polar surface area (TPSA) is 61.8 Å².